The highest BCUT2D eigenvalue weighted by molar-refractivity contribution is 6.42. The van der Waals surface area contributed by atoms with Gasteiger partial charge in [0.15, 0.2) is 0 Å². The van der Waals surface area contributed by atoms with Crippen molar-refractivity contribution in [2.24, 2.45) is 0 Å². The van der Waals surface area contributed by atoms with Crippen LogP contribution in [0.3, 0.4) is 0 Å². The third kappa shape index (κ3) is 6.53. The zero-order chi connectivity index (χ0) is 21.7. The van der Waals surface area contributed by atoms with Crippen molar-refractivity contribution in [3.63, 3.8) is 0 Å². The molecule has 2 aromatic carbocycles. The molecule has 0 saturated carbocycles. The van der Waals surface area contributed by atoms with Gasteiger partial charge in [-0.2, -0.15) is 0 Å². The van der Waals surface area contributed by atoms with E-state index in [2.05, 4.69) is 21.5 Å². The molecule has 0 aliphatic carbocycles. The van der Waals surface area contributed by atoms with Crippen molar-refractivity contribution >= 4 is 69.8 Å². The van der Waals surface area contributed by atoms with Crippen LogP contribution in [-0.4, -0.2) is 48.3 Å². The van der Waals surface area contributed by atoms with Gasteiger partial charge in [0, 0.05) is 37.6 Å². The minimum absolute atomic E-state index is 0.355. The van der Waals surface area contributed by atoms with Crippen LogP contribution in [0.4, 0.5) is 21.0 Å². The summed E-state index contributed by atoms with van der Waals surface area (Å²) in [4.78, 5) is 24.3. The number of carbonyl (C=O) groups is 2. The lowest BCUT2D eigenvalue weighted by Crippen LogP contribution is -2.58. The van der Waals surface area contributed by atoms with Crippen LogP contribution in [0.15, 0.2) is 36.4 Å². The number of piperazine rings is 1. The Morgan fingerprint density at radius 1 is 0.633 bits per heavy atom. The van der Waals surface area contributed by atoms with Gasteiger partial charge in [-0.25, -0.2) is 19.6 Å². The molecule has 0 unspecified atom stereocenters. The fourth-order valence-electron chi connectivity index (χ4n) is 2.68. The number of halogens is 4. The molecule has 0 aromatic heterocycles. The molecule has 160 valence electrons. The lowest BCUT2D eigenvalue weighted by atomic mass is 10.3. The normalized spacial score (nSPS) is 14.8. The number of amides is 4. The maximum absolute atomic E-state index is 12.1. The third-order valence-electron chi connectivity index (χ3n) is 4.15. The Hall–Kier alpha value is -1.94. The molecule has 12 heteroatoms. The van der Waals surface area contributed by atoms with Crippen LogP contribution in [-0.2, 0) is 0 Å². The van der Waals surface area contributed by atoms with Gasteiger partial charge >= 0.3 is 12.1 Å². The van der Waals surface area contributed by atoms with Gasteiger partial charge in [0.2, 0.25) is 0 Å². The van der Waals surface area contributed by atoms with Crippen LogP contribution in [0.25, 0.3) is 0 Å². The van der Waals surface area contributed by atoms with Gasteiger partial charge < -0.3 is 10.6 Å². The summed E-state index contributed by atoms with van der Waals surface area (Å²) >= 11 is 23.6. The minimum atomic E-state index is -0.396. The predicted molar refractivity (Wildman–Crippen MR) is 120 cm³/mol. The second-order valence-corrected chi connectivity index (χ2v) is 7.99. The van der Waals surface area contributed by atoms with Gasteiger partial charge in [-0.15, -0.1) is 0 Å². The standard InChI is InChI=1S/C18H18Cl4N6O2/c19-13-3-1-11(9-15(13)21)23-17(29)25-27-5-7-28(8-6-27)26-18(30)24-12-2-4-14(20)16(22)10-12/h1-4,9-10H,5-8H2,(H2,23,25,29)(H2,24,26,30). The van der Waals surface area contributed by atoms with Gasteiger partial charge in [-0.3, -0.25) is 10.9 Å². The largest absolute Gasteiger partial charge is 0.333 e. The van der Waals surface area contributed by atoms with E-state index in [1.165, 1.54) is 0 Å². The quantitative estimate of drug-likeness (QED) is 0.499. The smallest absolute Gasteiger partial charge is 0.307 e. The van der Waals surface area contributed by atoms with E-state index in [-0.39, 0.29) is 0 Å². The van der Waals surface area contributed by atoms with Crippen molar-refractivity contribution in [1.29, 1.82) is 0 Å². The summed E-state index contributed by atoms with van der Waals surface area (Å²) in [5.74, 6) is 0. The molecule has 1 saturated heterocycles. The second-order valence-electron chi connectivity index (χ2n) is 6.36. The summed E-state index contributed by atoms with van der Waals surface area (Å²) in [7, 11) is 0. The maximum Gasteiger partial charge on any atom is 0.333 e. The molecule has 0 bridgehead atoms. The molecule has 8 nitrogen and oxygen atoms in total. The number of hydrogen-bond acceptors (Lipinski definition) is 4. The van der Waals surface area contributed by atoms with E-state index in [0.717, 1.165) is 0 Å². The Balaban J connectivity index is 1.40. The van der Waals surface area contributed by atoms with Crippen LogP contribution in [0, 0.1) is 0 Å². The van der Waals surface area contributed by atoms with Crippen LogP contribution >= 0.6 is 46.4 Å². The van der Waals surface area contributed by atoms with Crippen molar-refractivity contribution in [2.45, 2.75) is 0 Å². The summed E-state index contributed by atoms with van der Waals surface area (Å²) in [5.41, 5.74) is 6.56. The Labute approximate surface area is 193 Å². The van der Waals surface area contributed by atoms with E-state index in [9.17, 15) is 9.59 Å². The summed E-state index contributed by atoms with van der Waals surface area (Å²) < 4.78 is 0. The first-order chi connectivity index (χ1) is 14.3. The summed E-state index contributed by atoms with van der Waals surface area (Å²) in [6.45, 7) is 2.06. The molecule has 30 heavy (non-hydrogen) atoms. The van der Waals surface area contributed by atoms with Crippen molar-refractivity contribution in [3.8, 4) is 0 Å². The number of nitrogens with one attached hydrogen (secondary N) is 4. The van der Waals surface area contributed by atoms with Gasteiger partial charge in [0.1, 0.15) is 0 Å². The summed E-state index contributed by atoms with van der Waals surface area (Å²) in [5, 5.41) is 10.4. The van der Waals surface area contributed by atoms with E-state index in [1.54, 1.807) is 46.4 Å². The highest BCUT2D eigenvalue weighted by Gasteiger charge is 2.20. The first-order valence-corrected chi connectivity index (χ1v) is 10.4. The first kappa shape index (κ1) is 22.7. The molecular weight excluding hydrogens is 474 g/mol. The summed E-state index contributed by atoms with van der Waals surface area (Å²) in [6.07, 6.45) is 0. The second kappa shape index (κ2) is 10.4. The van der Waals surface area contributed by atoms with Crippen molar-refractivity contribution < 1.29 is 9.59 Å². The predicted octanol–water partition coefficient (Wildman–Crippen LogP) is 4.69. The molecule has 1 heterocycles. The van der Waals surface area contributed by atoms with Gasteiger partial charge in [-0.05, 0) is 36.4 Å². The molecule has 0 spiro atoms. The molecule has 1 fully saturated rings. The zero-order valence-corrected chi connectivity index (χ0v) is 18.5. The lowest BCUT2D eigenvalue weighted by molar-refractivity contribution is 0.0778. The topological polar surface area (TPSA) is 88.7 Å². The molecule has 1 aliphatic rings. The summed E-state index contributed by atoms with van der Waals surface area (Å²) in [6, 6.07) is 8.86. The average Bonchev–Trinajstić information content (AvgIpc) is 2.69. The fourth-order valence-corrected chi connectivity index (χ4v) is 3.28. The molecule has 4 amide bonds. The van der Waals surface area contributed by atoms with Gasteiger partial charge in [-0.1, -0.05) is 46.4 Å². The molecule has 1 aliphatic heterocycles. The van der Waals surface area contributed by atoms with E-state index < -0.39 is 12.1 Å². The molecular formula is C18H18Cl4N6O2. The van der Waals surface area contributed by atoms with E-state index in [1.807, 2.05) is 0 Å². The Kier molecular flexibility index (Phi) is 7.87. The number of carbonyl (C=O) groups excluding carboxylic acids is 2. The van der Waals surface area contributed by atoms with Crippen LogP contribution in [0.5, 0.6) is 0 Å². The van der Waals surface area contributed by atoms with Crippen LogP contribution in [0.1, 0.15) is 0 Å². The monoisotopic (exact) mass is 490 g/mol. The first-order valence-electron chi connectivity index (χ1n) is 8.85. The number of hydrazine groups is 2. The van der Waals surface area contributed by atoms with Crippen molar-refractivity contribution in [1.82, 2.24) is 20.9 Å². The highest BCUT2D eigenvalue weighted by Crippen LogP contribution is 2.25. The van der Waals surface area contributed by atoms with Crippen LogP contribution < -0.4 is 21.5 Å². The number of benzene rings is 2. The molecule has 3 rings (SSSR count). The number of anilines is 2. The lowest BCUT2D eigenvalue weighted by Gasteiger charge is -2.34. The van der Waals surface area contributed by atoms with Gasteiger partial charge in [0.25, 0.3) is 0 Å². The molecule has 0 atom stereocenters. The fraction of sp³-hybridized carbons (Fsp3) is 0.222. The van der Waals surface area contributed by atoms with E-state index in [0.29, 0.717) is 57.6 Å². The minimum Gasteiger partial charge on any atom is -0.307 e. The van der Waals surface area contributed by atoms with Crippen LogP contribution in [0.2, 0.25) is 20.1 Å². The molecule has 2 aromatic rings. The number of nitrogens with zero attached hydrogens (tertiary/aromatic N) is 2. The Bertz CT molecular complexity index is 861. The Morgan fingerprint density at radius 2 is 1.00 bits per heavy atom. The van der Waals surface area contributed by atoms with Crippen molar-refractivity contribution in [3.05, 3.63) is 56.5 Å². The molecule has 4 N–H and O–H groups in total. The van der Waals surface area contributed by atoms with Gasteiger partial charge in [0.05, 0.1) is 20.1 Å². The van der Waals surface area contributed by atoms with E-state index >= 15 is 0 Å². The third-order valence-corrected chi connectivity index (χ3v) is 5.63. The van der Waals surface area contributed by atoms with Crippen molar-refractivity contribution in [2.75, 3.05) is 36.8 Å². The zero-order valence-electron chi connectivity index (χ0n) is 15.5. The SMILES string of the molecule is O=C(Nc1ccc(Cl)c(Cl)c1)NN1CCN(NC(=O)Nc2ccc(Cl)c(Cl)c2)CC1. The number of hydrogen-bond donors (Lipinski definition) is 4. The maximum atomic E-state index is 12.1. The molecule has 0 radical (unpaired) electrons. The average molecular weight is 492 g/mol. The Morgan fingerprint density at radius 3 is 1.33 bits per heavy atom. The number of rotatable bonds is 4. The van der Waals surface area contributed by atoms with E-state index in [4.69, 9.17) is 46.4 Å². The highest BCUT2D eigenvalue weighted by atomic mass is 35.5. The number of urea groups is 2.